The van der Waals surface area contributed by atoms with Gasteiger partial charge >= 0.3 is 6.03 Å². The second kappa shape index (κ2) is 7.90. The number of nitrogens with zero attached hydrogens (tertiary/aromatic N) is 1. The van der Waals surface area contributed by atoms with E-state index in [1.54, 1.807) is 17.0 Å². The number of carbonyl (C=O) groups is 1. The van der Waals surface area contributed by atoms with E-state index in [1.807, 2.05) is 6.92 Å². The molecule has 0 bridgehead atoms. The van der Waals surface area contributed by atoms with Crippen molar-refractivity contribution in [3.05, 3.63) is 22.2 Å². The molecule has 1 heterocycles. The quantitative estimate of drug-likeness (QED) is 0.879. The fourth-order valence-electron chi connectivity index (χ4n) is 2.42. The summed E-state index contributed by atoms with van der Waals surface area (Å²) in [5.41, 5.74) is 0.543. The summed E-state index contributed by atoms with van der Waals surface area (Å²) in [6.07, 6.45) is 0.990. The minimum absolute atomic E-state index is 0.174. The third-order valence-electron chi connectivity index (χ3n) is 3.63. The molecule has 1 fully saturated rings. The van der Waals surface area contributed by atoms with Crippen LogP contribution in [0.2, 0.25) is 10.0 Å². The van der Waals surface area contributed by atoms with Crippen LogP contribution in [0.3, 0.4) is 0 Å². The number of amides is 2. The summed E-state index contributed by atoms with van der Waals surface area (Å²) in [4.78, 5) is 14.1. The molecule has 22 heavy (non-hydrogen) atoms. The number of nitrogens with one attached hydrogen (secondary N) is 1. The minimum atomic E-state index is -0.174. The summed E-state index contributed by atoms with van der Waals surface area (Å²) >= 11 is 12.2. The molecule has 2 rings (SSSR count). The SMILES string of the molecule is CCN(C[C@@H]1CCOC1)C(=O)Nc1cc(Cl)c(OC)c(Cl)c1. The highest BCUT2D eigenvalue weighted by molar-refractivity contribution is 6.37. The average molecular weight is 347 g/mol. The zero-order chi connectivity index (χ0) is 16.1. The number of hydrogen-bond acceptors (Lipinski definition) is 3. The fourth-order valence-corrected chi connectivity index (χ4v) is 3.07. The van der Waals surface area contributed by atoms with Gasteiger partial charge in [0.15, 0.2) is 5.75 Å². The average Bonchev–Trinajstić information content (AvgIpc) is 2.97. The lowest BCUT2D eigenvalue weighted by Gasteiger charge is -2.24. The maximum Gasteiger partial charge on any atom is 0.321 e. The van der Waals surface area contributed by atoms with Crippen molar-refractivity contribution < 1.29 is 14.3 Å². The first-order valence-electron chi connectivity index (χ1n) is 7.21. The number of hydrogen-bond donors (Lipinski definition) is 1. The van der Waals surface area contributed by atoms with E-state index in [-0.39, 0.29) is 6.03 Å². The smallest absolute Gasteiger partial charge is 0.321 e. The number of anilines is 1. The van der Waals surface area contributed by atoms with Crippen LogP contribution in [0.1, 0.15) is 13.3 Å². The topological polar surface area (TPSA) is 50.8 Å². The number of benzene rings is 1. The van der Waals surface area contributed by atoms with Crippen LogP contribution in [0.4, 0.5) is 10.5 Å². The van der Waals surface area contributed by atoms with Gasteiger partial charge < -0.3 is 19.7 Å². The maximum absolute atomic E-state index is 12.4. The zero-order valence-electron chi connectivity index (χ0n) is 12.7. The largest absolute Gasteiger partial charge is 0.494 e. The molecule has 1 saturated heterocycles. The molecule has 1 atom stereocenters. The summed E-state index contributed by atoms with van der Waals surface area (Å²) in [6, 6.07) is 3.07. The predicted octanol–water partition coefficient (Wildman–Crippen LogP) is 3.89. The molecule has 1 aliphatic heterocycles. The van der Waals surface area contributed by atoms with E-state index >= 15 is 0 Å². The third-order valence-corrected chi connectivity index (χ3v) is 4.19. The van der Waals surface area contributed by atoms with Gasteiger partial charge in [0.2, 0.25) is 0 Å². The highest BCUT2D eigenvalue weighted by Crippen LogP contribution is 2.35. The number of ether oxygens (including phenoxy) is 2. The Kier molecular flexibility index (Phi) is 6.17. The number of methoxy groups -OCH3 is 1. The highest BCUT2D eigenvalue weighted by Gasteiger charge is 2.22. The van der Waals surface area contributed by atoms with Crippen molar-refractivity contribution >= 4 is 34.9 Å². The van der Waals surface area contributed by atoms with Crippen LogP contribution in [-0.2, 0) is 4.74 Å². The van der Waals surface area contributed by atoms with E-state index in [2.05, 4.69) is 5.32 Å². The monoisotopic (exact) mass is 346 g/mol. The first kappa shape index (κ1) is 17.2. The van der Waals surface area contributed by atoms with Gasteiger partial charge in [0.1, 0.15) is 0 Å². The first-order valence-corrected chi connectivity index (χ1v) is 7.97. The number of halogens is 2. The Labute approximate surface area is 140 Å². The molecule has 1 N–H and O–H groups in total. The molecular weight excluding hydrogens is 327 g/mol. The van der Waals surface area contributed by atoms with Crippen LogP contribution in [0, 0.1) is 5.92 Å². The van der Waals surface area contributed by atoms with Gasteiger partial charge in [0.25, 0.3) is 0 Å². The summed E-state index contributed by atoms with van der Waals surface area (Å²) in [5, 5.41) is 3.54. The normalized spacial score (nSPS) is 17.4. The van der Waals surface area contributed by atoms with Gasteiger partial charge in [-0.25, -0.2) is 4.79 Å². The molecule has 5 nitrogen and oxygen atoms in total. The van der Waals surface area contributed by atoms with Crippen molar-refractivity contribution in [1.29, 1.82) is 0 Å². The Balaban J connectivity index is 2.03. The maximum atomic E-state index is 12.4. The minimum Gasteiger partial charge on any atom is -0.494 e. The Hall–Kier alpha value is -1.17. The molecule has 0 saturated carbocycles. The molecule has 0 aliphatic carbocycles. The molecule has 0 unspecified atom stereocenters. The van der Waals surface area contributed by atoms with E-state index in [4.69, 9.17) is 32.7 Å². The molecule has 7 heteroatoms. The van der Waals surface area contributed by atoms with Crippen LogP contribution in [-0.4, -0.2) is 44.3 Å². The number of rotatable bonds is 5. The summed E-state index contributed by atoms with van der Waals surface area (Å²) < 4.78 is 10.4. The third kappa shape index (κ3) is 4.18. The molecule has 0 spiro atoms. The second-order valence-corrected chi connectivity index (χ2v) is 5.99. The van der Waals surface area contributed by atoms with E-state index in [0.717, 1.165) is 13.0 Å². The lowest BCUT2D eigenvalue weighted by Crippen LogP contribution is -2.38. The first-order chi connectivity index (χ1) is 10.5. The molecule has 122 valence electrons. The van der Waals surface area contributed by atoms with E-state index < -0.39 is 0 Å². The highest BCUT2D eigenvalue weighted by atomic mass is 35.5. The number of carbonyl (C=O) groups excluding carboxylic acids is 1. The molecule has 1 aromatic rings. The van der Waals surface area contributed by atoms with Crippen LogP contribution in [0.25, 0.3) is 0 Å². The van der Waals surface area contributed by atoms with Gasteiger partial charge in [-0.2, -0.15) is 0 Å². The fraction of sp³-hybridized carbons (Fsp3) is 0.533. The van der Waals surface area contributed by atoms with Gasteiger partial charge in [-0.05, 0) is 25.5 Å². The zero-order valence-corrected chi connectivity index (χ0v) is 14.2. The Morgan fingerprint density at radius 3 is 2.64 bits per heavy atom. The summed E-state index contributed by atoms with van der Waals surface area (Å²) in [5.74, 6) is 0.797. The van der Waals surface area contributed by atoms with Crippen molar-refractivity contribution in [2.24, 2.45) is 5.92 Å². The van der Waals surface area contributed by atoms with Gasteiger partial charge in [-0.1, -0.05) is 23.2 Å². The molecule has 0 aromatic heterocycles. The molecule has 1 aromatic carbocycles. The van der Waals surface area contributed by atoms with Crippen molar-refractivity contribution in [3.63, 3.8) is 0 Å². The Bertz CT molecular complexity index is 511. The molecule has 0 radical (unpaired) electrons. The van der Waals surface area contributed by atoms with Gasteiger partial charge in [-0.3, -0.25) is 0 Å². The van der Waals surface area contributed by atoms with Crippen molar-refractivity contribution in [1.82, 2.24) is 4.90 Å². The van der Waals surface area contributed by atoms with Crippen LogP contribution >= 0.6 is 23.2 Å². The van der Waals surface area contributed by atoms with Crippen molar-refractivity contribution in [2.75, 3.05) is 38.7 Å². The molecule has 1 aliphatic rings. The van der Waals surface area contributed by atoms with E-state index in [9.17, 15) is 4.79 Å². The van der Waals surface area contributed by atoms with E-state index in [0.29, 0.717) is 47.1 Å². The number of urea groups is 1. The summed E-state index contributed by atoms with van der Waals surface area (Å²) in [6.45, 7) is 4.74. The Morgan fingerprint density at radius 2 is 2.14 bits per heavy atom. The van der Waals surface area contributed by atoms with Gasteiger partial charge in [-0.15, -0.1) is 0 Å². The molecular formula is C15H20Cl2N2O3. The summed E-state index contributed by atoms with van der Waals surface area (Å²) in [7, 11) is 1.49. The predicted molar refractivity (Wildman–Crippen MR) is 88.2 cm³/mol. The standard InChI is InChI=1S/C15H20Cl2N2O3/c1-3-19(8-10-4-5-22-9-10)15(20)18-11-6-12(16)14(21-2)13(17)7-11/h6-7,10H,3-5,8-9H2,1-2H3,(H,18,20)/t10-/m0/s1. The van der Waals surface area contributed by atoms with Crippen molar-refractivity contribution in [3.8, 4) is 5.75 Å². The lowest BCUT2D eigenvalue weighted by atomic mass is 10.1. The van der Waals surface area contributed by atoms with Crippen molar-refractivity contribution in [2.45, 2.75) is 13.3 Å². The van der Waals surface area contributed by atoms with Crippen LogP contribution < -0.4 is 10.1 Å². The van der Waals surface area contributed by atoms with Crippen LogP contribution in [0.5, 0.6) is 5.75 Å². The van der Waals surface area contributed by atoms with Crippen LogP contribution in [0.15, 0.2) is 12.1 Å². The van der Waals surface area contributed by atoms with E-state index in [1.165, 1.54) is 7.11 Å². The molecule has 2 amide bonds. The Morgan fingerprint density at radius 1 is 1.45 bits per heavy atom. The van der Waals surface area contributed by atoms with Gasteiger partial charge in [0.05, 0.1) is 23.8 Å². The van der Waals surface area contributed by atoms with Gasteiger partial charge in [0, 0.05) is 31.3 Å². The second-order valence-electron chi connectivity index (χ2n) is 5.17. The lowest BCUT2D eigenvalue weighted by molar-refractivity contribution is 0.171.